The summed E-state index contributed by atoms with van der Waals surface area (Å²) >= 11 is -4.70. The summed E-state index contributed by atoms with van der Waals surface area (Å²) in [5.41, 5.74) is 0. The molecule has 0 N–H and O–H groups in total. The highest BCUT2D eigenvalue weighted by Gasteiger charge is 2.18. The van der Waals surface area contributed by atoms with Gasteiger partial charge in [0.05, 0.1) is 5.75 Å². The molecule has 0 unspecified atom stereocenters. The smallest absolute Gasteiger partial charge is 0.125 e. The van der Waals surface area contributed by atoms with Crippen LogP contribution in [0.2, 0.25) is 0 Å². The van der Waals surface area contributed by atoms with Crippen LogP contribution in [0, 0.1) is 0 Å². The van der Waals surface area contributed by atoms with Gasteiger partial charge in [-0.2, -0.15) is 0 Å². The molecular formula is C5H11F3S. The van der Waals surface area contributed by atoms with Crippen molar-refractivity contribution in [3.63, 3.8) is 0 Å². The molecule has 0 fully saturated rings. The first-order valence-electron chi connectivity index (χ1n) is 2.96. The molecule has 0 amide bonds. The number of unbranched alkanes of at least 4 members (excludes halogenated alkanes) is 2. The summed E-state index contributed by atoms with van der Waals surface area (Å²) in [5.74, 6) is -0.541. The second kappa shape index (κ2) is 4.04. The van der Waals surface area contributed by atoms with Crippen LogP contribution < -0.4 is 0 Å². The van der Waals surface area contributed by atoms with E-state index < -0.39 is 16.9 Å². The Hall–Kier alpha value is 0.140. The molecule has 0 aromatic rings. The van der Waals surface area contributed by atoms with E-state index in [9.17, 15) is 11.7 Å². The molecule has 0 radical (unpaired) electrons. The van der Waals surface area contributed by atoms with E-state index in [1.165, 1.54) is 0 Å². The van der Waals surface area contributed by atoms with E-state index in [-0.39, 0.29) is 0 Å². The predicted octanol–water partition coefficient (Wildman–Crippen LogP) is 3.63. The topological polar surface area (TPSA) is 0 Å². The van der Waals surface area contributed by atoms with E-state index in [0.29, 0.717) is 12.8 Å². The maximum atomic E-state index is 11.5. The molecule has 0 aromatic carbocycles. The Kier molecular flexibility index (Phi) is 4.10. The van der Waals surface area contributed by atoms with E-state index in [2.05, 4.69) is 0 Å². The molecule has 4 heteroatoms. The van der Waals surface area contributed by atoms with Gasteiger partial charge in [-0.15, -0.1) is 11.7 Å². The lowest BCUT2D eigenvalue weighted by Crippen LogP contribution is -1.85. The molecule has 0 bridgehead atoms. The molecule has 0 saturated carbocycles. The normalized spacial score (nSPS) is 13.8. The molecule has 0 aliphatic heterocycles. The summed E-state index contributed by atoms with van der Waals surface area (Å²) in [6, 6.07) is 0. The van der Waals surface area contributed by atoms with Crippen LogP contribution >= 0.6 is 11.2 Å². The Morgan fingerprint density at radius 2 is 1.67 bits per heavy atom. The Labute approximate surface area is 55.6 Å². The van der Waals surface area contributed by atoms with Crippen molar-refractivity contribution in [3.8, 4) is 0 Å². The van der Waals surface area contributed by atoms with Crippen LogP contribution in [-0.2, 0) is 0 Å². The largest absolute Gasteiger partial charge is 0.209 e. The Morgan fingerprint density at radius 3 is 2.00 bits per heavy atom. The van der Waals surface area contributed by atoms with Crippen molar-refractivity contribution in [1.29, 1.82) is 0 Å². The summed E-state index contributed by atoms with van der Waals surface area (Å²) in [4.78, 5) is 0. The molecule has 0 aliphatic rings. The van der Waals surface area contributed by atoms with Gasteiger partial charge in [0.15, 0.2) is 0 Å². The summed E-state index contributed by atoms with van der Waals surface area (Å²) in [6.45, 7) is 1.89. The summed E-state index contributed by atoms with van der Waals surface area (Å²) in [6.07, 6.45) is 1.87. The van der Waals surface area contributed by atoms with Crippen molar-refractivity contribution in [3.05, 3.63) is 0 Å². The number of rotatable bonds is 4. The summed E-state index contributed by atoms with van der Waals surface area (Å²) in [7, 11) is 0. The van der Waals surface area contributed by atoms with Crippen molar-refractivity contribution in [2.24, 2.45) is 0 Å². The summed E-state index contributed by atoms with van der Waals surface area (Å²) < 4.78 is 34.4. The molecular weight excluding hydrogens is 149 g/mol. The Bertz CT molecular complexity index is 69.1. The van der Waals surface area contributed by atoms with Gasteiger partial charge in [0.25, 0.3) is 0 Å². The second-order valence-electron chi connectivity index (χ2n) is 1.91. The van der Waals surface area contributed by atoms with Crippen LogP contribution in [0.3, 0.4) is 0 Å². The van der Waals surface area contributed by atoms with Gasteiger partial charge in [0.1, 0.15) is 0 Å². The van der Waals surface area contributed by atoms with Gasteiger partial charge in [-0.1, -0.05) is 19.8 Å². The third-order valence-corrected chi connectivity index (χ3v) is 1.73. The first kappa shape index (κ1) is 9.14. The van der Waals surface area contributed by atoms with Gasteiger partial charge in [-0.3, -0.25) is 0 Å². The number of hydrogen-bond acceptors (Lipinski definition) is 0. The lowest BCUT2D eigenvalue weighted by Gasteiger charge is -2.07. The number of hydrogen-bond donors (Lipinski definition) is 0. The van der Waals surface area contributed by atoms with Crippen molar-refractivity contribution >= 4 is 11.2 Å². The third-order valence-electron chi connectivity index (χ3n) is 0.979. The zero-order valence-corrected chi connectivity index (χ0v) is 6.19. The minimum Gasteiger partial charge on any atom is -0.125 e. The quantitative estimate of drug-likeness (QED) is 0.551. The second-order valence-corrected chi connectivity index (χ2v) is 3.33. The average molecular weight is 160 g/mol. The zero-order valence-electron chi connectivity index (χ0n) is 5.37. The molecule has 0 nitrogen and oxygen atoms in total. The van der Waals surface area contributed by atoms with Gasteiger partial charge in [-0.05, 0) is 6.42 Å². The van der Waals surface area contributed by atoms with Crippen LogP contribution in [0.5, 0.6) is 0 Å². The minimum absolute atomic E-state index is 0.315. The van der Waals surface area contributed by atoms with Gasteiger partial charge in [0, 0.05) is 0 Å². The fourth-order valence-corrected chi connectivity index (χ4v) is 1.05. The first-order valence-corrected chi connectivity index (χ1v) is 4.46. The van der Waals surface area contributed by atoms with E-state index in [4.69, 9.17) is 0 Å². The SMILES string of the molecule is CCCCCS(F)(F)F. The van der Waals surface area contributed by atoms with Crippen molar-refractivity contribution < 1.29 is 11.7 Å². The van der Waals surface area contributed by atoms with Crippen LogP contribution in [0.1, 0.15) is 26.2 Å². The molecule has 0 rings (SSSR count). The predicted molar refractivity (Wildman–Crippen MR) is 35.3 cm³/mol. The lowest BCUT2D eigenvalue weighted by atomic mass is 10.3. The van der Waals surface area contributed by atoms with Crippen LogP contribution in [0.15, 0.2) is 0 Å². The highest BCUT2D eigenvalue weighted by atomic mass is 32.3. The zero-order chi connectivity index (χ0) is 7.33. The Balaban J connectivity index is 3.07. The van der Waals surface area contributed by atoms with E-state index >= 15 is 0 Å². The molecule has 0 atom stereocenters. The van der Waals surface area contributed by atoms with E-state index in [1.807, 2.05) is 6.92 Å². The molecule has 0 aliphatic carbocycles. The first-order chi connectivity index (χ1) is 4.06. The van der Waals surface area contributed by atoms with Crippen LogP contribution in [-0.4, -0.2) is 5.75 Å². The van der Waals surface area contributed by atoms with Gasteiger partial charge in [0.2, 0.25) is 11.2 Å². The highest BCUT2D eigenvalue weighted by Crippen LogP contribution is 2.53. The fourth-order valence-electron chi connectivity index (χ4n) is 0.516. The fraction of sp³-hybridized carbons (Fsp3) is 1.00. The average Bonchev–Trinajstić information content (AvgIpc) is 1.63. The molecule has 0 saturated heterocycles. The molecule has 0 aromatic heterocycles. The van der Waals surface area contributed by atoms with Crippen molar-refractivity contribution in [1.82, 2.24) is 0 Å². The van der Waals surface area contributed by atoms with Crippen LogP contribution in [0.25, 0.3) is 0 Å². The van der Waals surface area contributed by atoms with Crippen molar-refractivity contribution in [2.45, 2.75) is 26.2 Å². The third kappa shape index (κ3) is 8.14. The van der Waals surface area contributed by atoms with E-state index in [1.54, 1.807) is 0 Å². The maximum Gasteiger partial charge on any atom is 0.209 e. The minimum atomic E-state index is -4.70. The molecule has 0 spiro atoms. The maximum absolute atomic E-state index is 11.5. The van der Waals surface area contributed by atoms with Crippen molar-refractivity contribution in [2.75, 3.05) is 5.75 Å². The summed E-state index contributed by atoms with van der Waals surface area (Å²) in [5, 5.41) is 0. The molecule has 0 heterocycles. The van der Waals surface area contributed by atoms with Gasteiger partial charge in [-0.25, -0.2) is 0 Å². The Morgan fingerprint density at radius 1 is 1.11 bits per heavy atom. The highest BCUT2D eigenvalue weighted by molar-refractivity contribution is 8.20. The van der Waals surface area contributed by atoms with Gasteiger partial charge < -0.3 is 0 Å². The molecule has 9 heavy (non-hydrogen) atoms. The van der Waals surface area contributed by atoms with Crippen LogP contribution in [0.4, 0.5) is 11.7 Å². The standard InChI is InChI=1S/C5H11F3S/c1-2-3-4-5-9(6,7)8/h2-5H2,1H3. The lowest BCUT2D eigenvalue weighted by molar-refractivity contribution is 0.619. The van der Waals surface area contributed by atoms with Gasteiger partial charge >= 0.3 is 0 Å². The monoisotopic (exact) mass is 160 g/mol. The number of halogens is 3. The molecule has 58 valence electrons. The van der Waals surface area contributed by atoms with E-state index in [0.717, 1.165) is 6.42 Å².